The van der Waals surface area contributed by atoms with Gasteiger partial charge in [-0.25, -0.2) is 15.0 Å². The number of hydrogen-bond acceptors (Lipinski definition) is 8. The van der Waals surface area contributed by atoms with Crippen LogP contribution in [0.3, 0.4) is 0 Å². The Bertz CT molecular complexity index is 1530. The quantitative estimate of drug-likeness (QED) is 0.520. The molecule has 0 atom stereocenters. The molecule has 0 saturated carbocycles. The van der Waals surface area contributed by atoms with Crippen LogP contribution in [0.15, 0.2) is 57.8 Å². The van der Waals surface area contributed by atoms with E-state index in [4.69, 9.17) is 16.5 Å². The summed E-state index contributed by atoms with van der Waals surface area (Å²) in [5.74, 6) is -0.645. The lowest BCUT2D eigenvalue weighted by Gasteiger charge is -2.33. The van der Waals surface area contributed by atoms with E-state index >= 15 is 0 Å². The van der Waals surface area contributed by atoms with Gasteiger partial charge in [-0.15, -0.1) is 0 Å². The van der Waals surface area contributed by atoms with Gasteiger partial charge in [-0.1, -0.05) is 12.1 Å². The van der Waals surface area contributed by atoms with Gasteiger partial charge in [0.15, 0.2) is 0 Å². The number of likely N-dealkylation sites (tertiary alicyclic amines) is 1. The normalized spacial score (nSPS) is 19.3. The fraction of sp³-hybridized carbons (Fsp3) is 0.357. The standard InChI is InChI=1S/C28H29F3N8O2/c1-27(2,33)26(41)39-11-3-4-17(13-39)22-23-20(24(32)36-14-35-23)21(38-22)15-5-7-16(8-6-15)25(40)37-19-12-18(9-10-34-19)28(29,30)31/h5-8,12,14H,3-4,9-11,13,33H2,1-2H3,(H2,32,35,36)(H,34,37,40)/b22-17-. The summed E-state index contributed by atoms with van der Waals surface area (Å²) in [5, 5.41) is 2.44. The van der Waals surface area contributed by atoms with Gasteiger partial charge in [0.2, 0.25) is 5.91 Å². The molecule has 5 rings (SSSR count). The lowest BCUT2D eigenvalue weighted by atomic mass is 9.97. The molecule has 4 heterocycles. The Balaban J connectivity index is 1.42. The summed E-state index contributed by atoms with van der Waals surface area (Å²) in [6.45, 7) is 4.25. The monoisotopic (exact) mass is 566 g/mol. The van der Waals surface area contributed by atoms with Crippen LogP contribution in [-0.2, 0) is 4.79 Å². The summed E-state index contributed by atoms with van der Waals surface area (Å²) in [5.41, 5.74) is 14.6. The number of fused-ring (bicyclic) bond motifs is 1. The van der Waals surface area contributed by atoms with Crippen molar-refractivity contribution in [2.75, 3.05) is 25.4 Å². The predicted molar refractivity (Wildman–Crippen MR) is 148 cm³/mol. The Morgan fingerprint density at radius 2 is 1.80 bits per heavy atom. The molecule has 2 aromatic rings. The highest BCUT2D eigenvalue weighted by molar-refractivity contribution is 6.22. The highest BCUT2D eigenvalue weighted by Gasteiger charge is 2.35. The molecule has 1 fully saturated rings. The van der Waals surface area contributed by atoms with E-state index in [0.717, 1.165) is 24.5 Å². The molecule has 10 nitrogen and oxygen atoms in total. The number of halogens is 3. The van der Waals surface area contributed by atoms with Crippen LogP contribution in [0.1, 0.15) is 60.3 Å². The van der Waals surface area contributed by atoms with Crippen molar-refractivity contribution >= 4 is 34.9 Å². The molecular weight excluding hydrogens is 537 g/mol. The summed E-state index contributed by atoms with van der Waals surface area (Å²) < 4.78 is 39.2. The molecule has 0 spiro atoms. The molecule has 0 unspecified atom stereocenters. The molecule has 2 amide bonds. The molecule has 1 saturated heterocycles. The van der Waals surface area contributed by atoms with Gasteiger partial charge in [0.1, 0.15) is 23.7 Å². The minimum absolute atomic E-state index is 0.0592. The number of amidine groups is 1. The van der Waals surface area contributed by atoms with Crippen molar-refractivity contribution in [1.82, 2.24) is 20.2 Å². The Labute approximate surface area is 234 Å². The first-order valence-electron chi connectivity index (χ1n) is 13.1. The maximum atomic E-state index is 13.1. The largest absolute Gasteiger partial charge is 0.412 e. The number of nitrogens with one attached hydrogen (secondary N) is 1. The number of hydrogen-bond donors (Lipinski definition) is 3. The van der Waals surface area contributed by atoms with Gasteiger partial charge in [-0.05, 0) is 56.9 Å². The summed E-state index contributed by atoms with van der Waals surface area (Å²) in [4.78, 5) is 44.8. The second kappa shape index (κ2) is 10.5. The lowest BCUT2D eigenvalue weighted by molar-refractivity contribution is -0.135. The van der Waals surface area contributed by atoms with Gasteiger partial charge in [0, 0.05) is 36.3 Å². The lowest BCUT2D eigenvalue weighted by Crippen LogP contribution is -2.52. The first-order valence-corrected chi connectivity index (χ1v) is 13.1. The third-order valence-corrected chi connectivity index (χ3v) is 7.02. The maximum absolute atomic E-state index is 13.1. The fourth-order valence-corrected chi connectivity index (χ4v) is 4.98. The third-order valence-electron chi connectivity index (χ3n) is 7.02. The van der Waals surface area contributed by atoms with Gasteiger partial charge in [-0.3, -0.25) is 14.6 Å². The van der Waals surface area contributed by atoms with E-state index in [1.165, 1.54) is 6.33 Å². The first kappa shape index (κ1) is 28.1. The summed E-state index contributed by atoms with van der Waals surface area (Å²) in [6.07, 6.45) is -1.02. The number of anilines is 1. The Morgan fingerprint density at radius 3 is 2.49 bits per heavy atom. The summed E-state index contributed by atoms with van der Waals surface area (Å²) in [6, 6.07) is 6.43. The molecule has 0 radical (unpaired) electrons. The van der Waals surface area contributed by atoms with E-state index in [0.29, 0.717) is 41.3 Å². The number of rotatable bonds is 3. The minimum atomic E-state index is -4.47. The predicted octanol–water partition coefficient (Wildman–Crippen LogP) is 3.00. The molecule has 5 N–H and O–H groups in total. The van der Waals surface area contributed by atoms with Gasteiger partial charge in [-0.2, -0.15) is 13.2 Å². The molecular formula is C28H29F3N8O2. The molecule has 41 heavy (non-hydrogen) atoms. The van der Waals surface area contributed by atoms with Gasteiger partial charge in [0.25, 0.3) is 5.91 Å². The van der Waals surface area contributed by atoms with Crippen LogP contribution in [0.4, 0.5) is 19.0 Å². The Hall–Kier alpha value is -4.39. The van der Waals surface area contributed by atoms with E-state index in [9.17, 15) is 22.8 Å². The summed E-state index contributed by atoms with van der Waals surface area (Å²) >= 11 is 0. The maximum Gasteiger partial charge on any atom is 0.412 e. The van der Waals surface area contributed by atoms with Crippen molar-refractivity contribution in [3.8, 4) is 0 Å². The zero-order valence-electron chi connectivity index (χ0n) is 22.5. The zero-order valence-corrected chi connectivity index (χ0v) is 22.5. The summed E-state index contributed by atoms with van der Waals surface area (Å²) in [7, 11) is 0. The number of nitrogens with two attached hydrogens (primary N) is 2. The van der Waals surface area contributed by atoms with Crippen LogP contribution >= 0.6 is 0 Å². The van der Waals surface area contributed by atoms with E-state index in [1.807, 2.05) is 0 Å². The fourth-order valence-electron chi connectivity index (χ4n) is 4.98. The van der Waals surface area contributed by atoms with Crippen molar-refractivity contribution < 1.29 is 22.8 Å². The third kappa shape index (κ3) is 5.75. The van der Waals surface area contributed by atoms with Crippen molar-refractivity contribution in [2.24, 2.45) is 15.7 Å². The molecule has 0 bridgehead atoms. The average molecular weight is 567 g/mol. The molecule has 214 valence electrons. The molecule has 13 heteroatoms. The highest BCUT2D eigenvalue weighted by atomic mass is 19.4. The smallest absolute Gasteiger partial charge is 0.383 e. The number of carbonyl (C=O) groups excluding carboxylic acids is 2. The number of alkyl halides is 3. The van der Waals surface area contributed by atoms with Gasteiger partial charge in [0.05, 0.1) is 22.5 Å². The van der Waals surface area contributed by atoms with Crippen LogP contribution in [0, 0.1) is 0 Å². The number of benzene rings is 1. The number of amides is 2. The van der Waals surface area contributed by atoms with Crippen LogP contribution in [0.2, 0.25) is 0 Å². The molecule has 3 aliphatic rings. The first-order chi connectivity index (χ1) is 19.3. The topological polar surface area (TPSA) is 152 Å². The molecule has 3 aliphatic heterocycles. The Morgan fingerprint density at radius 1 is 1.07 bits per heavy atom. The van der Waals surface area contributed by atoms with Gasteiger partial charge < -0.3 is 21.7 Å². The minimum Gasteiger partial charge on any atom is -0.383 e. The SMILES string of the molecule is CC(C)(N)C(=O)N1CCC/C(=C2/N=C(c3ccc(C(=O)NC4=NCCC(C(F)(F)F)=C4)cc3)c3c(N)ncnc32)C1. The van der Waals surface area contributed by atoms with Crippen molar-refractivity contribution in [3.63, 3.8) is 0 Å². The number of aliphatic imine (C=N–C) groups is 2. The Kier molecular flexibility index (Phi) is 7.24. The molecule has 1 aromatic heterocycles. The van der Waals surface area contributed by atoms with Crippen molar-refractivity contribution in [3.05, 3.63) is 70.2 Å². The van der Waals surface area contributed by atoms with Crippen LogP contribution in [0.25, 0.3) is 5.70 Å². The van der Waals surface area contributed by atoms with E-state index in [1.54, 1.807) is 43.0 Å². The van der Waals surface area contributed by atoms with E-state index in [2.05, 4.69) is 20.3 Å². The average Bonchev–Trinajstić information content (AvgIpc) is 3.33. The highest BCUT2D eigenvalue weighted by Crippen LogP contribution is 2.37. The van der Waals surface area contributed by atoms with Crippen molar-refractivity contribution in [1.29, 1.82) is 0 Å². The molecule has 1 aromatic carbocycles. The van der Waals surface area contributed by atoms with Crippen LogP contribution < -0.4 is 16.8 Å². The van der Waals surface area contributed by atoms with Crippen LogP contribution in [-0.4, -0.2) is 69.6 Å². The number of aromatic nitrogens is 2. The van der Waals surface area contributed by atoms with Gasteiger partial charge >= 0.3 is 6.18 Å². The second-order valence-corrected chi connectivity index (χ2v) is 10.7. The number of carbonyl (C=O) groups is 2. The molecule has 0 aliphatic carbocycles. The second-order valence-electron chi connectivity index (χ2n) is 10.7. The number of piperidine rings is 1. The number of nitrogen functional groups attached to an aromatic ring is 1. The van der Waals surface area contributed by atoms with E-state index < -0.39 is 23.2 Å². The van der Waals surface area contributed by atoms with E-state index in [-0.39, 0.29) is 36.1 Å². The zero-order chi connectivity index (χ0) is 29.5. The van der Waals surface area contributed by atoms with Crippen molar-refractivity contribution in [2.45, 2.75) is 44.8 Å². The van der Waals surface area contributed by atoms with Crippen LogP contribution in [0.5, 0.6) is 0 Å². The number of nitrogens with zero attached hydrogens (tertiary/aromatic N) is 5. The number of dihydropyridines is 1.